The molecule has 1 aliphatic rings. The van der Waals surface area contributed by atoms with E-state index in [1.165, 1.54) is 0 Å². The summed E-state index contributed by atoms with van der Waals surface area (Å²) in [5, 5.41) is 6.80. The Morgan fingerprint density at radius 3 is 3.05 bits per heavy atom. The quantitative estimate of drug-likeness (QED) is 0.770. The highest BCUT2D eigenvalue weighted by atomic mass is 35.5. The molecule has 2 rings (SSSR count). The van der Waals surface area contributed by atoms with E-state index in [-0.39, 0.29) is 5.91 Å². The fourth-order valence-corrected chi connectivity index (χ4v) is 2.37. The largest absolute Gasteiger partial charge is 0.383 e. The number of nitrogens with zero attached hydrogens (tertiary/aromatic N) is 1. The minimum atomic E-state index is 0.0534. The second-order valence-electron chi connectivity index (χ2n) is 4.72. The Hall–Kier alpha value is -1.30. The van der Waals surface area contributed by atoms with Crippen LogP contribution in [0.1, 0.15) is 5.56 Å². The van der Waals surface area contributed by atoms with Gasteiger partial charge in [0.15, 0.2) is 0 Å². The minimum absolute atomic E-state index is 0.0534. The third-order valence-electron chi connectivity index (χ3n) is 3.24. The first kappa shape index (κ1) is 15.1. The Morgan fingerprint density at radius 1 is 1.50 bits per heavy atom. The van der Waals surface area contributed by atoms with Gasteiger partial charge in [-0.15, -0.1) is 0 Å². The topological polar surface area (TPSA) is 53.6 Å². The standard InChI is InChI=1S/C14H20ClN3O2/c1-20-7-5-16-9-11-2-3-12(8-13(11)15)18-6-4-17-14(19)10-18/h2-3,8,16H,4-7,9-10H2,1H3,(H,17,19). The van der Waals surface area contributed by atoms with E-state index in [1.54, 1.807) is 7.11 Å². The van der Waals surface area contributed by atoms with E-state index >= 15 is 0 Å². The number of carbonyl (C=O) groups is 1. The first-order valence-electron chi connectivity index (χ1n) is 6.70. The Balaban J connectivity index is 1.96. The van der Waals surface area contributed by atoms with Gasteiger partial charge in [0.1, 0.15) is 0 Å². The molecule has 1 heterocycles. The normalized spacial score (nSPS) is 15.3. The van der Waals surface area contributed by atoms with Gasteiger partial charge in [-0.05, 0) is 17.7 Å². The van der Waals surface area contributed by atoms with Gasteiger partial charge >= 0.3 is 0 Å². The zero-order chi connectivity index (χ0) is 14.4. The summed E-state index contributed by atoms with van der Waals surface area (Å²) in [5.74, 6) is 0.0534. The molecule has 6 heteroatoms. The average molecular weight is 298 g/mol. The lowest BCUT2D eigenvalue weighted by molar-refractivity contribution is -0.120. The van der Waals surface area contributed by atoms with Crippen molar-refractivity contribution in [1.82, 2.24) is 10.6 Å². The number of rotatable bonds is 6. The van der Waals surface area contributed by atoms with Gasteiger partial charge in [0.2, 0.25) is 5.91 Å². The summed E-state index contributed by atoms with van der Waals surface area (Å²) < 4.78 is 4.98. The van der Waals surface area contributed by atoms with Crippen molar-refractivity contribution in [2.45, 2.75) is 6.54 Å². The van der Waals surface area contributed by atoms with E-state index < -0.39 is 0 Å². The molecule has 1 aliphatic heterocycles. The average Bonchev–Trinajstić information content (AvgIpc) is 2.45. The number of anilines is 1. The van der Waals surface area contributed by atoms with Crippen molar-refractivity contribution < 1.29 is 9.53 Å². The monoisotopic (exact) mass is 297 g/mol. The van der Waals surface area contributed by atoms with Crippen LogP contribution in [0.15, 0.2) is 18.2 Å². The van der Waals surface area contributed by atoms with Crippen LogP contribution in [0.25, 0.3) is 0 Å². The number of halogens is 1. The first-order chi connectivity index (χ1) is 9.70. The molecule has 1 aromatic carbocycles. The van der Waals surface area contributed by atoms with Crippen molar-refractivity contribution in [1.29, 1.82) is 0 Å². The van der Waals surface area contributed by atoms with Gasteiger partial charge in [-0.3, -0.25) is 4.79 Å². The predicted octanol–water partition coefficient (Wildman–Crippen LogP) is 1.01. The summed E-state index contributed by atoms with van der Waals surface area (Å²) in [6, 6.07) is 5.94. The van der Waals surface area contributed by atoms with Crippen LogP contribution in [-0.4, -0.2) is 45.8 Å². The highest BCUT2D eigenvalue weighted by molar-refractivity contribution is 6.31. The molecule has 0 unspecified atom stereocenters. The second kappa shape index (κ2) is 7.47. The van der Waals surface area contributed by atoms with Gasteiger partial charge in [0, 0.05) is 44.0 Å². The zero-order valence-electron chi connectivity index (χ0n) is 11.6. The van der Waals surface area contributed by atoms with E-state index in [0.29, 0.717) is 26.2 Å². The van der Waals surface area contributed by atoms with Crippen molar-refractivity contribution in [2.24, 2.45) is 0 Å². The SMILES string of the molecule is COCCNCc1ccc(N2CCNC(=O)C2)cc1Cl. The van der Waals surface area contributed by atoms with Gasteiger partial charge in [0.25, 0.3) is 0 Å². The lowest BCUT2D eigenvalue weighted by Gasteiger charge is -2.29. The van der Waals surface area contributed by atoms with Crippen molar-refractivity contribution in [3.8, 4) is 0 Å². The number of benzene rings is 1. The third-order valence-corrected chi connectivity index (χ3v) is 3.59. The lowest BCUT2D eigenvalue weighted by Crippen LogP contribution is -2.47. The summed E-state index contributed by atoms with van der Waals surface area (Å²) in [7, 11) is 1.68. The molecule has 0 bridgehead atoms. The highest BCUT2D eigenvalue weighted by Crippen LogP contribution is 2.24. The summed E-state index contributed by atoms with van der Waals surface area (Å²) in [4.78, 5) is 13.4. The molecular formula is C14H20ClN3O2. The highest BCUT2D eigenvalue weighted by Gasteiger charge is 2.17. The maximum Gasteiger partial charge on any atom is 0.239 e. The summed E-state index contributed by atoms with van der Waals surface area (Å²) >= 11 is 6.30. The first-order valence-corrected chi connectivity index (χ1v) is 7.08. The number of methoxy groups -OCH3 is 1. The van der Waals surface area contributed by atoms with E-state index in [4.69, 9.17) is 16.3 Å². The number of ether oxygens (including phenoxy) is 1. The Kier molecular flexibility index (Phi) is 5.64. The van der Waals surface area contributed by atoms with Crippen LogP contribution in [0.3, 0.4) is 0 Å². The molecule has 5 nitrogen and oxygen atoms in total. The third kappa shape index (κ3) is 4.10. The molecule has 0 aliphatic carbocycles. The number of hydrogen-bond donors (Lipinski definition) is 2. The summed E-state index contributed by atoms with van der Waals surface area (Å²) in [5.41, 5.74) is 2.04. The van der Waals surface area contributed by atoms with E-state index in [1.807, 2.05) is 23.1 Å². The lowest BCUT2D eigenvalue weighted by atomic mass is 10.1. The van der Waals surface area contributed by atoms with Crippen LogP contribution >= 0.6 is 11.6 Å². The fourth-order valence-electron chi connectivity index (χ4n) is 2.13. The molecule has 1 fully saturated rings. The molecule has 0 aromatic heterocycles. The van der Waals surface area contributed by atoms with Crippen LogP contribution in [0, 0.1) is 0 Å². The van der Waals surface area contributed by atoms with Crippen molar-refractivity contribution in [2.75, 3.05) is 44.8 Å². The van der Waals surface area contributed by atoms with Gasteiger partial charge in [-0.1, -0.05) is 17.7 Å². The minimum Gasteiger partial charge on any atom is -0.383 e. The Morgan fingerprint density at radius 2 is 2.35 bits per heavy atom. The van der Waals surface area contributed by atoms with Gasteiger partial charge < -0.3 is 20.3 Å². The predicted molar refractivity (Wildman–Crippen MR) is 80.3 cm³/mol. The van der Waals surface area contributed by atoms with E-state index in [9.17, 15) is 4.79 Å². The van der Waals surface area contributed by atoms with E-state index in [0.717, 1.165) is 29.4 Å². The molecule has 1 aromatic rings. The Labute approximate surface area is 124 Å². The van der Waals surface area contributed by atoms with E-state index in [2.05, 4.69) is 10.6 Å². The van der Waals surface area contributed by atoms with Crippen molar-refractivity contribution in [3.05, 3.63) is 28.8 Å². The molecule has 20 heavy (non-hydrogen) atoms. The molecular weight excluding hydrogens is 278 g/mol. The van der Waals surface area contributed by atoms with Gasteiger partial charge in [-0.25, -0.2) is 0 Å². The van der Waals surface area contributed by atoms with Gasteiger partial charge in [0.05, 0.1) is 13.2 Å². The van der Waals surface area contributed by atoms with Gasteiger partial charge in [-0.2, -0.15) is 0 Å². The van der Waals surface area contributed by atoms with Crippen LogP contribution in [0.2, 0.25) is 5.02 Å². The van der Waals surface area contributed by atoms with Crippen LogP contribution < -0.4 is 15.5 Å². The molecule has 0 atom stereocenters. The fraction of sp³-hybridized carbons (Fsp3) is 0.500. The van der Waals surface area contributed by atoms with Crippen LogP contribution in [0.5, 0.6) is 0 Å². The smallest absolute Gasteiger partial charge is 0.239 e. The number of piperazine rings is 1. The van der Waals surface area contributed by atoms with Crippen molar-refractivity contribution in [3.63, 3.8) is 0 Å². The molecule has 0 radical (unpaired) electrons. The molecule has 1 saturated heterocycles. The molecule has 2 N–H and O–H groups in total. The maximum absolute atomic E-state index is 11.4. The van der Waals surface area contributed by atoms with Crippen LogP contribution in [-0.2, 0) is 16.1 Å². The molecule has 0 spiro atoms. The molecule has 1 amide bonds. The van der Waals surface area contributed by atoms with Crippen LogP contribution in [0.4, 0.5) is 5.69 Å². The summed E-state index contributed by atoms with van der Waals surface area (Å²) in [6.07, 6.45) is 0. The summed E-state index contributed by atoms with van der Waals surface area (Å²) in [6.45, 7) is 4.06. The second-order valence-corrected chi connectivity index (χ2v) is 5.12. The number of nitrogens with one attached hydrogen (secondary N) is 2. The Bertz CT molecular complexity index is 468. The van der Waals surface area contributed by atoms with Crippen molar-refractivity contribution >= 4 is 23.2 Å². The zero-order valence-corrected chi connectivity index (χ0v) is 12.4. The number of amides is 1. The maximum atomic E-state index is 11.4. The number of carbonyl (C=O) groups excluding carboxylic acids is 1. The molecule has 110 valence electrons. The number of hydrogen-bond acceptors (Lipinski definition) is 4. The molecule has 0 saturated carbocycles.